The number of nitrogens with zero attached hydrogens (tertiary/aromatic N) is 4. The van der Waals surface area contributed by atoms with Crippen molar-refractivity contribution in [3.8, 4) is 11.4 Å². The Hall–Kier alpha value is -3.09. The van der Waals surface area contributed by atoms with Crippen LogP contribution in [0.15, 0.2) is 55.4 Å². The lowest BCUT2D eigenvalue weighted by Crippen LogP contribution is -2.21. The molecule has 1 amide bonds. The summed E-state index contributed by atoms with van der Waals surface area (Å²) in [7, 11) is 0. The molecule has 2 heterocycles. The van der Waals surface area contributed by atoms with E-state index in [1.807, 2.05) is 29.1 Å². The Morgan fingerprint density at radius 3 is 2.55 bits per heavy atom. The third-order valence-electron chi connectivity index (χ3n) is 2.78. The summed E-state index contributed by atoms with van der Waals surface area (Å²) in [6.45, 7) is 0. The standard InChI is InChI=1S/C13H11N5O2/c19-12-4-3-10(17-5-1-2-6-17)7-11(12)13(20)16-18-8-14-15-9-18/h1-9,19H,(H,16,20). The fraction of sp³-hybridized carbons (Fsp3) is 0. The summed E-state index contributed by atoms with van der Waals surface area (Å²) in [6.07, 6.45) is 6.41. The molecule has 0 aliphatic heterocycles. The molecular formula is C13H11N5O2. The highest BCUT2D eigenvalue weighted by Gasteiger charge is 2.12. The Morgan fingerprint density at radius 2 is 1.85 bits per heavy atom. The molecule has 3 rings (SSSR count). The second-order valence-corrected chi connectivity index (χ2v) is 4.10. The van der Waals surface area contributed by atoms with Crippen LogP contribution in [0.2, 0.25) is 0 Å². The number of amides is 1. The van der Waals surface area contributed by atoms with Gasteiger partial charge in [0.15, 0.2) is 0 Å². The van der Waals surface area contributed by atoms with Crippen LogP contribution in [0.25, 0.3) is 5.69 Å². The van der Waals surface area contributed by atoms with Gasteiger partial charge in [-0.25, -0.2) is 4.68 Å². The van der Waals surface area contributed by atoms with Crippen molar-refractivity contribution < 1.29 is 9.90 Å². The van der Waals surface area contributed by atoms with Crippen molar-refractivity contribution in [1.82, 2.24) is 19.4 Å². The molecule has 0 spiro atoms. The number of carbonyl (C=O) groups excluding carboxylic acids is 1. The maximum absolute atomic E-state index is 12.1. The van der Waals surface area contributed by atoms with E-state index >= 15 is 0 Å². The number of phenolic OH excluding ortho intramolecular Hbond substituents is 1. The van der Waals surface area contributed by atoms with Gasteiger partial charge < -0.3 is 9.67 Å². The maximum atomic E-state index is 12.1. The summed E-state index contributed by atoms with van der Waals surface area (Å²) in [5.41, 5.74) is 3.49. The minimum atomic E-state index is -0.448. The minimum absolute atomic E-state index is 0.0912. The molecule has 7 nitrogen and oxygen atoms in total. The van der Waals surface area contributed by atoms with Crippen LogP contribution in [0.5, 0.6) is 5.75 Å². The maximum Gasteiger partial charge on any atom is 0.274 e. The molecule has 100 valence electrons. The smallest absolute Gasteiger partial charge is 0.274 e. The highest BCUT2D eigenvalue weighted by Crippen LogP contribution is 2.21. The molecule has 2 aromatic heterocycles. The first kappa shape index (κ1) is 12.0. The highest BCUT2D eigenvalue weighted by atomic mass is 16.3. The number of rotatable bonds is 3. The van der Waals surface area contributed by atoms with Crippen LogP contribution in [0.3, 0.4) is 0 Å². The van der Waals surface area contributed by atoms with Crippen LogP contribution in [-0.4, -0.2) is 30.5 Å². The van der Waals surface area contributed by atoms with E-state index in [2.05, 4.69) is 15.6 Å². The van der Waals surface area contributed by atoms with Gasteiger partial charge in [-0.3, -0.25) is 10.2 Å². The molecule has 0 radical (unpaired) electrons. The van der Waals surface area contributed by atoms with E-state index in [1.165, 1.54) is 23.4 Å². The van der Waals surface area contributed by atoms with Crippen molar-refractivity contribution in [3.63, 3.8) is 0 Å². The van der Waals surface area contributed by atoms with Crippen LogP contribution >= 0.6 is 0 Å². The molecule has 0 unspecified atom stereocenters. The van der Waals surface area contributed by atoms with Crippen LogP contribution in [-0.2, 0) is 0 Å². The van der Waals surface area contributed by atoms with Crippen LogP contribution in [0, 0.1) is 0 Å². The normalized spacial score (nSPS) is 10.4. The number of carbonyl (C=O) groups is 1. The second kappa shape index (κ2) is 4.88. The molecule has 2 N–H and O–H groups in total. The Balaban J connectivity index is 1.92. The number of aromatic nitrogens is 4. The third-order valence-corrected chi connectivity index (χ3v) is 2.78. The molecule has 0 atom stereocenters. The molecule has 7 heteroatoms. The van der Waals surface area contributed by atoms with E-state index in [0.29, 0.717) is 0 Å². The van der Waals surface area contributed by atoms with Crippen molar-refractivity contribution in [3.05, 3.63) is 60.9 Å². The lowest BCUT2D eigenvalue weighted by atomic mass is 10.1. The second-order valence-electron chi connectivity index (χ2n) is 4.10. The molecule has 1 aromatic carbocycles. The van der Waals surface area contributed by atoms with Gasteiger partial charge in [0.1, 0.15) is 18.4 Å². The summed E-state index contributed by atoms with van der Waals surface area (Å²) >= 11 is 0. The van der Waals surface area contributed by atoms with Crippen molar-refractivity contribution in [2.24, 2.45) is 0 Å². The molecule has 0 fully saturated rings. The Morgan fingerprint density at radius 1 is 1.15 bits per heavy atom. The Labute approximate surface area is 114 Å². The fourth-order valence-corrected chi connectivity index (χ4v) is 1.81. The number of phenols is 1. The summed E-state index contributed by atoms with van der Waals surface area (Å²) in [5, 5.41) is 17.0. The SMILES string of the molecule is O=C(Nn1cnnc1)c1cc(-n2cccc2)ccc1O. The van der Waals surface area contributed by atoms with Crippen LogP contribution in [0.4, 0.5) is 0 Å². The number of hydrogen-bond donors (Lipinski definition) is 2. The van der Waals surface area contributed by atoms with Crippen molar-refractivity contribution in [2.75, 3.05) is 5.43 Å². The van der Waals surface area contributed by atoms with E-state index in [1.54, 1.807) is 12.1 Å². The molecule has 3 aromatic rings. The van der Waals surface area contributed by atoms with Gasteiger partial charge in [-0.2, -0.15) is 0 Å². The van der Waals surface area contributed by atoms with Gasteiger partial charge in [-0.15, -0.1) is 10.2 Å². The Bertz CT molecular complexity index is 719. The Kier molecular flexibility index (Phi) is 2.92. The topological polar surface area (TPSA) is 85.0 Å². The zero-order chi connectivity index (χ0) is 13.9. The quantitative estimate of drug-likeness (QED) is 0.747. The predicted octanol–water partition coefficient (Wildman–Crippen LogP) is 1.16. The van der Waals surface area contributed by atoms with Crippen LogP contribution in [0.1, 0.15) is 10.4 Å². The van der Waals surface area contributed by atoms with Crippen molar-refractivity contribution >= 4 is 5.91 Å². The zero-order valence-electron chi connectivity index (χ0n) is 10.3. The predicted molar refractivity (Wildman–Crippen MR) is 71.1 cm³/mol. The van der Waals surface area contributed by atoms with Gasteiger partial charge in [-0.05, 0) is 30.3 Å². The lowest BCUT2D eigenvalue weighted by molar-refractivity contribution is 0.100. The minimum Gasteiger partial charge on any atom is -0.507 e. The van der Waals surface area contributed by atoms with E-state index in [4.69, 9.17) is 0 Å². The molecule has 0 saturated carbocycles. The number of hydrogen-bond acceptors (Lipinski definition) is 4. The van der Waals surface area contributed by atoms with Crippen LogP contribution < -0.4 is 5.43 Å². The van der Waals surface area contributed by atoms with E-state index in [9.17, 15) is 9.90 Å². The number of nitrogens with one attached hydrogen (secondary N) is 1. The monoisotopic (exact) mass is 269 g/mol. The average molecular weight is 269 g/mol. The lowest BCUT2D eigenvalue weighted by Gasteiger charge is -2.09. The first-order valence-electron chi connectivity index (χ1n) is 5.86. The van der Waals surface area contributed by atoms with Crippen molar-refractivity contribution in [1.29, 1.82) is 0 Å². The van der Waals surface area contributed by atoms with E-state index in [-0.39, 0.29) is 11.3 Å². The zero-order valence-corrected chi connectivity index (χ0v) is 10.3. The number of aromatic hydroxyl groups is 1. The molecule has 20 heavy (non-hydrogen) atoms. The number of benzene rings is 1. The van der Waals surface area contributed by atoms with Gasteiger partial charge in [-0.1, -0.05) is 0 Å². The van der Waals surface area contributed by atoms with Gasteiger partial charge in [0.2, 0.25) is 0 Å². The largest absolute Gasteiger partial charge is 0.507 e. The van der Waals surface area contributed by atoms with Gasteiger partial charge in [0.05, 0.1) is 5.56 Å². The molecular weight excluding hydrogens is 258 g/mol. The van der Waals surface area contributed by atoms with Gasteiger partial charge in [0, 0.05) is 18.1 Å². The average Bonchev–Trinajstić information content (AvgIpc) is 3.11. The third kappa shape index (κ3) is 2.24. The molecule has 0 saturated heterocycles. The van der Waals surface area contributed by atoms with Gasteiger partial charge in [0.25, 0.3) is 5.91 Å². The van der Waals surface area contributed by atoms with Crippen molar-refractivity contribution in [2.45, 2.75) is 0 Å². The first-order valence-corrected chi connectivity index (χ1v) is 5.86. The summed E-state index contributed by atoms with van der Waals surface area (Å²) in [6, 6.07) is 8.57. The summed E-state index contributed by atoms with van der Waals surface area (Å²) in [5.74, 6) is -0.539. The van der Waals surface area contributed by atoms with E-state index < -0.39 is 5.91 Å². The molecule has 0 aliphatic rings. The first-order chi connectivity index (χ1) is 9.74. The highest BCUT2D eigenvalue weighted by molar-refractivity contribution is 6.02. The molecule has 0 aliphatic carbocycles. The summed E-state index contributed by atoms with van der Waals surface area (Å²) < 4.78 is 3.15. The molecule has 0 bridgehead atoms. The van der Waals surface area contributed by atoms with Gasteiger partial charge >= 0.3 is 0 Å². The summed E-state index contributed by atoms with van der Waals surface area (Å²) in [4.78, 5) is 12.1. The fourth-order valence-electron chi connectivity index (χ4n) is 1.81. The van der Waals surface area contributed by atoms with E-state index in [0.717, 1.165) is 5.69 Å².